The number of anilines is 2. The summed E-state index contributed by atoms with van der Waals surface area (Å²) >= 11 is 0. The van der Waals surface area contributed by atoms with Gasteiger partial charge in [0.2, 0.25) is 0 Å². The fourth-order valence-electron chi connectivity index (χ4n) is 2.42. The van der Waals surface area contributed by atoms with Gasteiger partial charge in [-0.05, 0) is 48.2 Å². The molecule has 0 spiro atoms. The van der Waals surface area contributed by atoms with Gasteiger partial charge in [0.25, 0.3) is 0 Å². The average molecular weight is 300 g/mol. The van der Waals surface area contributed by atoms with Crippen LogP contribution < -0.4 is 11.5 Å². The quantitative estimate of drug-likeness (QED) is 0.626. The van der Waals surface area contributed by atoms with Crippen LogP contribution >= 0.6 is 0 Å². The van der Waals surface area contributed by atoms with Crippen molar-refractivity contribution in [3.05, 3.63) is 58.7 Å². The van der Waals surface area contributed by atoms with Crippen LogP contribution in [0.25, 0.3) is 0 Å². The lowest BCUT2D eigenvalue weighted by molar-refractivity contribution is 0.0684. The maximum Gasteiger partial charge on any atom is 0.336 e. The van der Waals surface area contributed by atoms with Crippen LogP contribution in [0.1, 0.15) is 31.8 Å². The smallest absolute Gasteiger partial charge is 0.336 e. The van der Waals surface area contributed by atoms with Gasteiger partial charge in [-0.3, -0.25) is 0 Å². The topological polar surface area (TPSA) is 127 Å². The number of hydrogen-bond donors (Lipinski definition) is 4. The van der Waals surface area contributed by atoms with Gasteiger partial charge < -0.3 is 21.7 Å². The van der Waals surface area contributed by atoms with E-state index in [1.807, 2.05) is 0 Å². The molecule has 0 radical (unpaired) electrons. The maximum absolute atomic E-state index is 11.3. The van der Waals surface area contributed by atoms with Crippen molar-refractivity contribution in [3.8, 4) is 0 Å². The van der Waals surface area contributed by atoms with E-state index in [0.29, 0.717) is 35.3 Å². The summed E-state index contributed by atoms with van der Waals surface area (Å²) in [7, 11) is 0. The standard InChI is InChI=1S/C16H16N2O4/c17-13-5-1-3-11(15(19)20)9(13)7-8-10-12(16(21)22)4-2-6-14(10)18/h1-6H,7-8,17-18H2,(H,19,20)(H,21,22). The van der Waals surface area contributed by atoms with E-state index in [1.54, 1.807) is 24.3 Å². The Balaban J connectivity index is 2.36. The molecule has 6 N–H and O–H groups in total. The Labute approximate surface area is 127 Å². The highest BCUT2D eigenvalue weighted by Crippen LogP contribution is 2.23. The van der Waals surface area contributed by atoms with Gasteiger partial charge in [-0.25, -0.2) is 9.59 Å². The molecule has 0 saturated heterocycles. The van der Waals surface area contributed by atoms with Crippen LogP contribution in [0.15, 0.2) is 36.4 Å². The molecule has 0 saturated carbocycles. The van der Waals surface area contributed by atoms with Crippen molar-refractivity contribution in [1.82, 2.24) is 0 Å². The Morgan fingerprint density at radius 1 is 0.773 bits per heavy atom. The predicted molar refractivity (Wildman–Crippen MR) is 83.0 cm³/mol. The third-order valence-electron chi connectivity index (χ3n) is 3.51. The SMILES string of the molecule is Nc1cccc(C(=O)O)c1CCc1c(N)cccc1C(=O)O. The number of nitrogens with two attached hydrogens (primary N) is 2. The number of aromatic carboxylic acids is 2. The molecule has 6 nitrogen and oxygen atoms in total. The zero-order chi connectivity index (χ0) is 16.3. The first kappa shape index (κ1) is 15.4. The molecule has 0 aliphatic carbocycles. The predicted octanol–water partition coefficient (Wildman–Crippen LogP) is 2.03. The summed E-state index contributed by atoms with van der Waals surface area (Å²) in [6, 6.07) is 9.33. The first-order valence-corrected chi connectivity index (χ1v) is 6.63. The molecule has 114 valence electrons. The highest BCUT2D eigenvalue weighted by atomic mass is 16.4. The van der Waals surface area contributed by atoms with Crippen molar-refractivity contribution in [2.45, 2.75) is 12.8 Å². The molecule has 22 heavy (non-hydrogen) atoms. The molecule has 0 bridgehead atoms. The van der Waals surface area contributed by atoms with E-state index in [2.05, 4.69) is 0 Å². The summed E-state index contributed by atoms with van der Waals surface area (Å²) in [4.78, 5) is 22.5. The highest BCUT2D eigenvalue weighted by Gasteiger charge is 2.16. The first-order chi connectivity index (χ1) is 10.4. The van der Waals surface area contributed by atoms with Gasteiger partial charge in [0.1, 0.15) is 0 Å². The summed E-state index contributed by atoms with van der Waals surface area (Å²) in [6.45, 7) is 0. The molecule has 0 atom stereocenters. The Morgan fingerprint density at radius 2 is 1.14 bits per heavy atom. The van der Waals surface area contributed by atoms with E-state index in [4.69, 9.17) is 11.5 Å². The second-order valence-corrected chi connectivity index (χ2v) is 4.86. The monoisotopic (exact) mass is 300 g/mol. The Hall–Kier alpha value is -3.02. The highest BCUT2D eigenvalue weighted by molar-refractivity contribution is 5.92. The number of hydrogen-bond acceptors (Lipinski definition) is 4. The second-order valence-electron chi connectivity index (χ2n) is 4.86. The average Bonchev–Trinajstić information content (AvgIpc) is 2.46. The normalized spacial score (nSPS) is 10.4. The van der Waals surface area contributed by atoms with Gasteiger partial charge >= 0.3 is 11.9 Å². The van der Waals surface area contributed by atoms with Crippen LogP contribution in [-0.2, 0) is 12.8 Å². The van der Waals surface area contributed by atoms with Crippen LogP contribution in [-0.4, -0.2) is 22.2 Å². The van der Waals surface area contributed by atoms with Gasteiger partial charge in [-0.15, -0.1) is 0 Å². The van der Waals surface area contributed by atoms with E-state index in [0.717, 1.165) is 0 Å². The number of carbonyl (C=O) groups is 2. The minimum atomic E-state index is -1.07. The van der Waals surface area contributed by atoms with E-state index < -0.39 is 11.9 Å². The molecule has 0 aliphatic heterocycles. The summed E-state index contributed by atoms with van der Waals surface area (Å²) in [5.74, 6) is -2.14. The molecule has 0 aliphatic rings. The Bertz CT molecular complexity index is 677. The summed E-state index contributed by atoms with van der Waals surface area (Å²) in [5.41, 5.74) is 13.6. The zero-order valence-corrected chi connectivity index (χ0v) is 11.7. The summed E-state index contributed by atoms with van der Waals surface area (Å²) in [5, 5.41) is 18.4. The van der Waals surface area contributed by atoms with Gasteiger partial charge in [-0.2, -0.15) is 0 Å². The van der Waals surface area contributed by atoms with Crippen molar-refractivity contribution in [1.29, 1.82) is 0 Å². The van der Waals surface area contributed by atoms with Crippen LogP contribution in [0.3, 0.4) is 0 Å². The van der Waals surface area contributed by atoms with Crippen molar-refractivity contribution < 1.29 is 19.8 Å². The van der Waals surface area contributed by atoms with Crippen LogP contribution in [0, 0.1) is 0 Å². The Morgan fingerprint density at radius 3 is 1.45 bits per heavy atom. The molecule has 2 rings (SSSR count). The lowest BCUT2D eigenvalue weighted by Gasteiger charge is -2.12. The molecule has 6 heteroatoms. The van der Waals surface area contributed by atoms with Gasteiger partial charge in [-0.1, -0.05) is 12.1 Å². The van der Waals surface area contributed by atoms with E-state index in [1.165, 1.54) is 12.1 Å². The zero-order valence-electron chi connectivity index (χ0n) is 11.7. The van der Waals surface area contributed by atoms with Crippen molar-refractivity contribution >= 4 is 23.3 Å². The lowest BCUT2D eigenvalue weighted by Crippen LogP contribution is -2.10. The van der Waals surface area contributed by atoms with Gasteiger partial charge in [0.05, 0.1) is 11.1 Å². The molecule has 0 heterocycles. The molecular weight excluding hydrogens is 284 g/mol. The first-order valence-electron chi connectivity index (χ1n) is 6.63. The third kappa shape index (κ3) is 3.01. The largest absolute Gasteiger partial charge is 0.478 e. The maximum atomic E-state index is 11.3. The van der Waals surface area contributed by atoms with Gasteiger partial charge in [0.15, 0.2) is 0 Å². The Kier molecular flexibility index (Phi) is 4.31. The van der Waals surface area contributed by atoms with Gasteiger partial charge in [0, 0.05) is 11.4 Å². The third-order valence-corrected chi connectivity index (χ3v) is 3.51. The summed E-state index contributed by atoms with van der Waals surface area (Å²) in [6.07, 6.45) is 0.589. The van der Waals surface area contributed by atoms with Crippen LogP contribution in [0.5, 0.6) is 0 Å². The van der Waals surface area contributed by atoms with E-state index in [-0.39, 0.29) is 11.1 Å². The minimum absolute atomic E-state index is 0.117. The number of carboxylic acid groups (broad SMARTS) is 2. The molecule has 0 unspecified atom stereocenters. The number of benzene rings is 2. The van der Waals surface area contributed by atoms with Crippen molar-refractivity contribution in [2.75, 3.05) is 11.5 Å². The van der Waals surface area contributed by atoms with Crippen molar-refractivity contribution in [2.24, 2.45) is 0 Å². The fraction of sp³-hybridized carbons (Fsp3) is 0.125. The molecule has 2 aromatic carbocycles. The summed E-state index contributed by atoms with van der Waals surface area (Å²) < 4.78 is 0. The minimum Gasteiger partial charge on any atom is -0.478 e. The molecule has 0 amide bonds. The molecule has 0 aromatic heterocycles. The molecule has 2 aromatic rings. The second kappa shape index (κ2) is 6.17. The van der Waals surface area contributed by atoms with E-state index in [9.17, 15) is 19.8 Å². The molecular formula is C16H16N2O4. The number of carboxylic acids is 2. The fourth-order valence-corrected chi connectivity index (χ4v) is 2.42. The molecule has 0 fully saturated rings. The van der Waals surface area contributed by atoms with Crippen LogP contribution in [0.2, 0.25) is 0 Å². The van der Waals surface area contributed by atoms with Crippen LogP contribution in [0.4, 0.5) is 11.4 Å². The number of nitrogen functional groups attached to an aromatic ring is 2. The van der Waals surface area contributed by atoms with Crippen molar-refractivity contribution in [3.63, 3.8) is 0 Å². The lowest BCUT2D eigenvalue weighted by atomic mass is 9.95. The van der Waals surface area contributed by atoms with E-state index >= 15 is 0 Å². The number of rotatable bonds is 5.